The van der Waals surface area contributed by atoms with E-state index < -0.39 is 23.2 Å². The molecule has 1 saturated carbocycles. The van der Waals surface area contributed by atoms with E-state index in [2.05, 4.69) is 19.9 Å². The van der Waals surface area contributed by atoms with Gasteiger partial charge in [-0.25, -0.2) is 4.79 Å². The number of fused-ring (bicyclic) bond motifs is 9. The largest absolute Gasteiger partial charge is 0.497 e. The Hall–Kier alpha value is -5.38. The highest BCUT2D eigenvalue weighted by Gasteiger charge is 2.58. The van der Waals surface area contributed by atoms with Gasteiger partial charge in [0.25, 0.3) is 0 Å². The van der Waals surface area contributed by atoms with E-state index in [1.54, 1.807) is 43.4 Å². The smallest absolute Gasteiger partial charge is 0.415 e. The zero-order valence-electron chi connectivity index (χ0n) is 32.6. The van der Waals surface area contributed by atoms with Crippen LogP contribution in [0.1, 0.15) is 91.1 Å². The standard InChI is InChI=1S/C47H51NO8/c1-31-9-7-22-46(2)41(39-20-14-32(25-36(49)17-13-31)26-40(39)44(50)42-12-8-24-55-42)21-23-47(46,52)30-48(29-35-16-18-37(53-3)28-43(35)54-4)45(51)56-38-19-15-33-10-5-6-11-34(33)27-38/h5-6,8-12,14-16,18-20,24,26-28,36,41,49,52H,7,13,17,21-23,25,29-30H2,1-4H3/t36-,41-,46-,47+/m0/s1. The summed E-state index contributed by atoms with van der Waals surface area (Å²) in [6.07, 6.45) is 6.50. The molecular formula is C47H51NO8. The van der Waals surface area contributed by atoms with Gasteiger partial charge in [0.2, 0.25) is 5.78 Å². The molecule has 4 atom stereocenters. The topological polar surface area (TPSA) is 119 Å². The number of amides is 1. The number of ketones is 1. The van der Waals surface area contributed by atoms with Crippen molar-refractivity contribution in [2.24, 2.45) is 5.41 Å². The molecule has 2 N–H and O–H groups in total. The molecule has 0 spiro atoms. The van der Waals surface area contributed by atoms with E-state index in [0.717, 1.165) is 33.9 Å². The third kappa shape index (κ3) is 7.97. The molecule has 9 heteroatoms. The number of rotatable bonds is 9. The number of hydrogen-bond donors (Lipinski definition) is 2. The van der Waals surface area contributed by atoms with E-state index in [0.29, 0.717) is 61.3 Å². The first-order valence-corrected chi connectivity index (χ1v) is 19.4. The third-order valence-electron chi connectivity index (χ3n) is 12.2. The highest BCUT2D eigenvalue weighted by Crippen LogP contribution is 2.59. The molecule has 292 valence electrons. The minimum Gasteiger partial charge on any atom is -0.497 e. The zero-order chi connectivity index (χ0) is 39.5. The van der Waals surface area contributed by atoms with Crippen molar-refractivity contribution in [1.29, 1.82) is 0 Å². The second-order valence-electron chi connectivity index (χ2n) is 15.7. The molecule has 0 aliphatic heterocycles. The van der Waals surface area contributed by atoms with Crippen LogP contribution in [0.3, 0.4) is 0 Å². The van der Waals surface area contributed by atoms with Crippen LogP contribution < -0.4 is 14.2 Å². The summed E-state index contributed by atoms with van der Waals surface area (Å²) in [5.74, 6) is 1.30. The lowest BCUT2D eigenvalue weighted by Crippen LogP contribution is -2.54. The highest BCUT2D eigenvalue weighted by molar-refractivity contribution is 6.08. The fourth-order valence-corrected chi connectivity index (χ4v) is 8.82. The molecule has 1 heterocycles. The van der Waals surface area contributed by atoms with Gasteiger partial charge in [-0.05, 0) is 122 Å². The van der Waals surface area contributed by atoms with Gasteiger partial charge in [0.15, 0.2) is 5.76 Å². The molecule has 5 aromatic rings. The molecule has 0 radical (unpaired) electrons. The zero-order valence-corrected chi connectivity index (χ0v) is 32.6. The Labute approximate surface area is 328 Å². The fourth-order valence-electron chi connectivity index (χ4n) is 8.82. The lowest BCUT2D eigenvalue weighted by Gasteiger charge is -2.46. The predicted molar refractivity (Wildman–Crippen MR) is 215 cm³/mol. The van der Waals surface area contributed by atoms with Crippen molar-refractivity contribution < 1.29 is 38.4 Å². The van der Waals surface area contributed by atoms with Gasteiger partial charge >= 0.3 is 6.09 Å². The van der Waals surface area contributed by atoms with E-state index in [4.69, 9.17) is 18.6 Å². The number of hydrogen-bond acceptors (Lipinski definition) is 8. The summed E-state index contributed by atoms with van der Waals surface area (Å²) in [5.41, 5.74) is 1.91. The number of furan rings is 1. The molecule has 2 bridgehead atoms. The van der Waals surface area contributed by atoms with Crippen LogP contribution in [0.5, 0.6) is 17.2 Å². The molecule has 0 saturated heterocycles. The van der Waals surface area contributed by atoms with E-state index in [-0.39, 0.29) is 30.6 Å². The molecule has 3 aliphatic rings. The Morgan fingerprint density at radius 2 is 1.70 bits per heavy atom. The summed E-state index contributed by atoms with van der Waals surface area (Å²) in [6.45, 7) is 4.25. The Bertz CT molecular complexity index is 2230. The number of carbonyl (C=O) groups is 2. The maximum absolute atomic E-state index is 14.4. The van der Waals surface area contributed by atoms with Gasteiger partial charge in [0, 0.05) is 22.6 Å². The summed E-state index contributed by atoms with van der Waals surface area (Å²) < 4.78 is 22.9. The van der Waals surface area contributed by atoms with Crippen LogP contribution in [-0.2, 0) is 13.0 Å². The third-order valence-corrected chi connectivity index (χ3v) is 12.2. The van der Waals surface area contributed by atoms with Crippen molar-refractivity contribution in [3.8, 4) is 17.2 Å². The summed E-state index contributed by atoms with van der Waals surface area (Å²) in [7, 11) is 3.16. The minimum absolute atomic E-state index is 0.0317. The monoisotopic (exact) mass is 757 g/mol. The lowest BCUT2D eigenvalue weighted by atomic mass is 9.64. The van der Waals surface area contributed by atoms with E-state index in [1.807, 2.05) is 66.7 Å². The lowest BCUT2D eigenvalue weighted by molar-refractivity contribution is -0.0802. The molecule has 1 fully saturated rings. The average Bonchev–Trinajstić information content (AvgIpc) is 3.83. The van der Waals surface area contributed by atoms with Crippen LogP contribution in [0.4, 0.5) is 4.79 Å². The van der Waals surface area contributed by atoms with E-state index in [9.17, 15) is 19.8 Å². The van der Waals surface area contributed by atoms with Crippen LogP contribution in [0.25, 0.3) is 10.8 Å². The maximum Gasteiger partial charge on any atom is 0.415 e. The summed E-state index contributed by atoms with van der Waals surface area (Å²) in [5, 5.41) is 26.1. The summed E-state index contributed by atoms with van der Waals surface area (Å²) >= 11 is 0. The van der Waals surface area contributed by atoms with Crippen LogP contribution >= 0.6 is 0 Å². The number of ether oxygens (including phenoxy) is 3. The Kier molecular flexibility index (Phi) is 11.4. The van der Waals surface area contributed by atoms with Crippen LogP contribution in [0, 0.1) is 5.41 Å². The van der Waals surface area contributed by atoms with Crippen molar-refractivity contribution >= 4 is 22.6 Å². The molecule has 1 aromatic heterocycles. The van der Waals surface area contributed by atoms with Gasteiger partial charge in [-0.2, -0.15) is 0 Å². The predicted octanol–water partition coefficient (Wildman–Crippen LogP) is 9.42. The molecule has 0 unspecified atom stereocenters. The minimum atomic E-state index is -1.39. The molecule has 3 aliphatic carbocycles. The Balaban J connectivity index is 1.29. The second kappa shape index (κ2) is 16.4. The van der Waals surface area contributed by atoms with Gasteiger partial charge in [-0.15, -0.1) is 0 Å². The summed E-state index contributed by atoms with van der Waals surface area (Å²) in [4.78, 5) is 30.1. The quantitative estimate of drug-likeness (QED) is 0.113. The van der Waals surface area contributed by atoms with Gasteiger partial charge in [-0.1, -0.05) is 61.0 Å². The fraction of sp³-hybridized carbons (Fsp3) is 0.362. The van der Waals surface area contributed by atoms with Crippen molar-refractivity contribution in [2.75, 3.05) is 20.8 Å². The number of allylic oxidation sites excluding steroid dienone is 2. The number of carbonyl (C=O) groups excluding carboxylic acids is 2. The number of aliphatic hydroxyl groups is 2. The Morgan fingerprint density at radius 1 is 0.893 bits per heavy atom. The first-order valence-electron chi connectivity index (χ1n) is 19.4. The van der Waals surface area contributed by atoms with Gasteiger partial charge < -0.3 is 33.7 Å². The van der Waals surface area contributed by atoms with Crippen LogP contribution in [-0.4, -0.2) is 59.5 Å². The maximum atomic E-state index is 14.4. The SMILES string of the molecule is COc1ccc(CN(C[C@]2(O)CC[C@H]3c4ccc(cc4C(=O)c4ccco4)C[C@@H](O)CCC(C)=CCC[C@@]32C)C(=O)Oc2ccc3ccccc3c2)c(OC)c1. The van der Waals surface area contributed by atoms with Gasteiger partial charge in [0.05, 0.1) is 45.3 Å². The van der Waals surface area contributed by atoms with Crippen LogP contribution in [0.2, 0.25) is 0 Å². The molecular weight excluding hydrogens is 707 g/mol. The van der Waals surface area contributed by atoms with Crippen molar-refractivity contribution in [3.05, 3.63) is 137 Å². The van der Waals surface area contributed by atoms with E-state index in [1.165, 1.54) is 11.8 Å². The number of methoxy groups -OCH3 is 2. The van der Waals surface area contributed by atoms with Crippen molar-refractivity contribution in [3.63, 3.8) is 0 Å². The van der Waals surface area contributed by atoms with Gasteiger partial charge in [-0.3, -0.25) is 4.79 Å². The summed E-state index contributed by atoms with van der Waals surface area (Å²) in [6, 6.07) is 28.1. The molecule has 9 nitrogen and oxygen atoms in total. The molecule has 8 rings (SSSR count). The first kappa shape index (κ1) is 38.9. The first-order chi connectivity index (χ1) is 27.0. The number of nitrogens with zero attached hydrogens (tertiary/aromatic N) is 1. The second-order valence-corrected chi connectivity index (χ2v) is 15.7. The van der Waals surface area contributed by atoms with Crippen molar-refractivity contribution in [1.82, 2.24) is 4.90 Å². The highest BCUT2D eigenvalue weighted by atomic mass is 16.6. The molecule has 4 aromatic carbocycles. The van der Waals surface area contributed by atoms with Crippen molar-refractivity contribution in [2.45, 2.75) is 83.0 Å². The van der Waals surface area contributed by atoms with Crippen LogP contribution in [0.15, 0.2) is 113 Å². The van der Waals surface area contributed by atoms with Gasteiger partial charge in [0.1, 0.15) is 17.2 Å². The van der Waals surface area contributed by atoms with E-state index >= 15 is 0 Å². The number of benzene rings is 4. The average molecular weight is 758 g/mol. The molecule has 56 heavy (non-hydrogen) atoms. The normalized spacial score (nSPS) is 22.5. The number of aliphatic hydroxyl groups excluding tert-OH is 1. The molecule has 1 amide bonds. The Morgan fingerprint density at radius 3 is 2.46 bits per heavy atom.